The molecular weight excluding hydrogens is 304 g/mol. The van der Waals surface area contributed by atoms with E-state index in [0.717, 1.165) is 25.1 Å². The molecule has 0 unspecified atom stereocenters. The Morgan fingerprint density at radius 1 is 1.27 bits per heavy atom. The van der Waals surface area contributed by atoms with Gasteiger partial charge in [-0.3, -0.25) is 4.79 Å². The Hall–Kier alpha value is -1.62. The van der Waals surface area contributed by atoms with E-state index in [1.54, 1.807) is 31.3 Å². The summed E-state index contributed by atoms with van der Waals surface area (Å²) >= 11 is 6.06. The number of methoxy groups -OCH3 is 2. The van der Waals surface area contributed by atoms with Gasteiger partial charge in [0.2, 0.25) is 5.91 Å². The molecule has 0 saturated heterocycles. The van der Waals surface area contributed by atoms with Crippen molar-refractivity contribution in [3.05, 3.63) is 17.2 Å². The van der Waals surface area contributed by atoms with Gasteiger partial charge in [-0.25, -0.2) is 0 Å². The summed E-state index contributed by atoms with van der Waals surface area (Å²) in [5.74, 6) is 1.31. The van der Waals surface area contributed by atoms with E-state index in [1.807, 2.05) is 7.05 Å². The van der Waals surface area contributed by atoms with Crippen LogP contribution in [-0.4, -0.2) is 45.2 Å². The van der Waals surface area contributed by atoms with Crippen LogP contribution in [0.25, 0.3) is 0 Å². The zero-order chi connectivity index (χ0) is 16.5. The molecule has 0 aromatic heterocycles. The number of carbonyl (C=O) groups is 1. The summed E-state index contributed by atoms with van der Waals surface area (Å²) in [6, 6.07) is 3.46. The third-order valence-corrected chi connectivity index (χ3v) is 3.70. The van der Waals surface area contributed by atoms with Gasteiger partial charge < -0.3 is 19.7 Å². The number of ether oxygens (including phenoxy) is 2. The number of carbonyl (C=O) groups excluding carboxylic acids is 1. The van der Waals surface area contributed by atoms with Crippen molar-refractivity contribution in [2.75, 3.05) is 39.7 Å². The highest BCUT2D eigenvalue weighted by Crippen LogP contribution is 2.35. The fourth-order valence-electron chi connectivity index (χ4n) is 2.01. The predicted octanol–water partition coefficient (Wildman–Crippen LogP) is 3.42. The Kier molecular flexibility index (Phi) is 7.88. The highest BCUT2D eigenvalue weighted by molar-refractivity contribution is 6.32. The molecule has 124 valence electrons. The first kappa shape index (κ1) is 18.4. The Morgan fingerprint density at radius 3 is 2.55 bits per heavy atom. The van der Waals surface area contributed by atoms with E-state index in [-0.39, 0.29) is 5.91 Å². The van der Waals surface area contributed by atoms with E-state index in [0.29, 0.717) is 29.5 Å². The number of rotatable bonds is 9. The summed E-state index contributed by atoms with van der Waals surface area (Å²) in [6.07, 6.45) is 2.53. The fraction of sp³-hybridized carbons (Fsp3) is 0.562. The Balaban J connectivity index is 2.59. The molecule has 0 atom stereocenters. The quantitative estimate of drug-likeness (QED) is 0.754. The minimum atomic E-state index is 0.126. The number of nitrogens with zero attached hydrogens (tertiary/aromatic N) is 1. The van der Waals surface area contributed by atoms with Crippen molar-refractivity contribution in [2.24, 2.45) is 0 Å². The first-order valence-electron chi connectivity index (χ1n) is 7.42. The van der Waals surface area contributed by atoms with Crippen LogP contribution in [0.3, 0.4) is 0 Å². The van der Waals surface area contributed by atoms with Crippen molar-refractivity contribution in [3.8, 4) is 11.5 Å². The smallest absolute Gasteiger partial charge is 0.224 e. The Labute approximate surface area is 137 Å². The maximum absolute atomic E-state index is 12.0. The second-order valence-corrected chi connectivity index (χ2v) is 5.44. The maximum atomic E-state index is 12.0. The molecule has 0 aliphatic rings. The van der Waals surface area contributed by atoms with Gasteiger partial charge in [-0.15, -0.1) is 0 Å². The summed E-state index contributed by atoms with van der Waals surface area (Å²) in [6.45, 7) is 3.43. The lowest BCUT2D eigenvalue weighted by Crippen LogP contribution is -2.29. The minimum Gasteiger partial charge on any atom is -0.495 e. The van der Waals surface area contributed by atoms with Crippen molar-refractivity contribution in [1.82, 2.24) is 4.90 Å². The van der Waals surface area contributed by atoms with Crippen LogP contribution in [-0.2, 0) is 4.79 Å². The minimum absolute atomic E-state index is 0.126. The summed E-state index contributed by atoms with van der Waals surface area (Å²) < 4.78 is 10.5. The van der Waals surface area contributed by atoms with Gasteiger partial charge in [-0.05, 0) is 6.42 Å². The van der Waals surface area contributed by atoms with E-state index < -0.39 is 0 Å². The third-order valence-electron chi connectivity index (χ3n) is 3.40. The molecule has 0 radical (unpaired) electrons. The molecule has 5 nitrogen and oxygen atoms in total. The fourth-order valence-corrected chi connectivity index (χ4v) is 2.24. The number of anilines is 1. The number of hydrogen-bond donors (Lipinski definition) is 1. The van der Waals surface area contributed by atoms with Gasteiger partial charge in [0.15, 0.2) is 0 Å². The van der Waals surface area contributed by atoms with Crippen LogP contribution >= 0.6 is 11.6 Å². The van der Waals surface area contributed by atoms with E-state index in [9.17, 15) is 4.79 Å². The summed E-state index contributed by atoms with van der Waals surface area (Å²) in [5, 5.41) is 3.68. The molecule has 6 heteroatoms. The molecule has 0 heterocycles. The number of amides is 1. The zero-order valence-electron chi connectivity index (χ0n) is 13.7. The van der Waals surface area contributed by atoms with Crippen LogP contribution in [0.2, 0.25) is 5.02 Å². The van der Waals surface area contributed by atoms with Gasteiger partial charge in [0, 0.05) is 38.7 Å². The summed E-state index contributed by atoms with van der Waals surface area (Å²) in [5.41, 5.74) is 0.757. The molecule has 0 bridgehead atoms. The Morgan fingerprint density at radius 2 is 1.95 bits per heavy atom. The lowest BCUT2D eigenvalue weighted by atomic mass is 10.2. The number of nitrogens with one attached hydrogen (secondary N) is 1. The molecule has 0 spiro atoms. The molecule has 1 N–H and O–H groups in total. The topological polar surface area (TPSA) is 50.8 Å². The molecule has 0 aliphatic heterocycles. The van der Waals surface area contributed by atoms with E-state index in [1.165, 1.54) is 0 Å². The number of unbranched alkanes of at least 4 members (excludes halogenated alkanes) is 1. The van der Waals surface area contributed by atoms with E-state index >= 15 is 0 Å². The monoisotopic (exact) mass is 328 g/mol. The maximum Gasteiger partial charge on any atom is 0.224 e. The highest BCUT2D eigenvalue weighted by Gasteiger charge is 2.11. The van der Waals surface area contributed by atoms with Crippen LogP contribution < -0.4 is 14.8 Å². The lowest BCUT2D eigenvalue weighted by Gasteiger charge is -2.18. The third kappa shape index (κ3) is 5.30. The van der Waals surface area contributed by atoms with Crippen molar-refractivity contribution in [1.29, 1.82) is 0 Å². The van der Waals surface area contributed by atoms with Gasteiger partial charge in [0.25, 0.3) is 0 Å². The molecular formula is C16H25ClN2O3. The molecule has 22 heavy (non-hydrogen) atoms. The van der Waals surface area contributed by atoms with Crippen LogP contribution in [0.4, 0.5) is 5.69 Å². The largest absolute Gasteiger partial charge is 0.495 e. The van der Waals surface area contributed by atoms with E-state index in [4.69, 9.17) is 21.1 Å². The molecule has 0 fully saturated rings. The SMILES string of the molecule is CCCCN(C)C(=O)CCNc1cc(OC)c(Cl)cc1OC. The van der Waals surface area contributed by atoms with Crippen molar-refractivity contribution < 1.29 is 14.3 Å². The second-order valence-electron chi connectivity index (χ2n) is 5.03. The van der Waals surface area contributed by atoms with Crippen LogP contribution in [0.1, 0.15) is 26.2 Å². The number of hydrogen-bond acceptors (Lipinski definition) is 4. The molecule has 0 saturated carbocycles. The van der Waals surface area contributed by atoms with Gasteiger partial charge >= 0.3 is 0 Å². The Bertz CT molecular complexity index is 495. The van der Waals surface area contributed by atoms with Crippen LogP contribution in [0.5, 0.6) is 11.5 Å². The van der Waals surface area contributed by atoms with Gasteiger partial charge in [-0.2, -0.15) is 0 Å². The average Bonchev–Trinajstić information content (AvgIpc) is 2.53. The van der Waals surface area contributed by atoms with Gasteiger partial charge in [-0.1, -0.05) is 24.9 Å². The molecule has 1 amide bonds. The standard InChI is InChI=1S/C16H25ClN2O3/c1-5-6-9-19(2)16(20)7-8-18-13-11-14(21-3)12(17)10-15(13)22-4/h10-11,18H,5-9H2,1-4H3. The number of benzene rings is 1. The van der Waals surface area contributed by atoms with Crippen molar-refractivity contribution in [2.45, 2.75) is 26.2 Å². The first-order valence-corrected chi connectivity index (χ1v) is 7.80. The van der Waals surface area contributed by atoms with Crippen molar-refractivity contribution >= 4 is 23.2 Å². The molecule has 0 aliphatic carbocycles. The van der Waals surface area contributed by atoms with Crippen molar-refractivity contribution in [3.63, 3.8) is 0 Å². The first-order chi connectivity index (χ1) is 10.5. The molecule has 1 rings (SSSR count). The van der Waals surface area contributed by atoms with E-state index in [2.05, 4.69) is 12.2 Å². The summed E-state index contributed by atoms with van der Waals surface area (Å²) in [7, 11) is 4.97. The average molecular weight is 329 g/mol. The van der Waals surface area contributed by atoms with Gasteiger partial charge in [0.1, 0.15) is 11.5 Å². The van der Waals surface area contributed by atoms with Crippen LogP contribution in [0.15, 0.2) is 12.1 Å². The zero-order valence-corrected chi connectivity index (χ0v) is 14.5. The summed E-state index contributed by atoms with van der Waals surface area (Å²) in [4.78, 5) is 13.7. The van der Waals surface area contributed by atoms with Crippen LogP contribution in [0, 0.1) is 0 Å². The second kappa shape index (κ2) is 9.41. The molecule has 1 aromatic carbocycles. The normalized spacial score (nSPS) is 10.2. The lowest BCUT2D eigenvalue weighted by molar-refractivity contribution is -0.129. The highest BCUT2D eigenvalue weighted by atomic mass is 35.5. The molecule has 1 aromatic rings. The predicted molar refractivity (Wildman–Crippen MR) is 90.2 cm³/mol. The van der Waals surface area contributed by atoms with Gasteiger partial charge in [0.05, 0.1) is 24.9 Å². The number of halogens is 1.